The van der Waals surface area contributed by atoms with Crippen LogP contribution in [-0.2, 0) is 0 Å². The standard InChI is InChI=1S/C24H25IN4O2/c25-17-3-8-20-21(13-17)22(24(31)27-23(20)30)14-26-18-4-6-19(7-5-18)29-11-9-28(10-12-29)15-16-1-2-16/h3-8,13-14,16H,1-2,9-12,15H2,(H2,27,30,31). The summed E-state index contributed by atoms with van der Waals surface area (Å²) in [4.78, 5) is 24.2. The first-order chi connectivity index (χ1) is 15.1. The van der Waals surface area contributed by atoms with Crippen molar-refractivity contribution in [3.8, 4) is 5.88 Å². The fourth-order valence-electron chi connectivity index (χ4n) is 4.18. The largest absolute Gasteiger partial charge is 0.494 e. The molecule has 31 heavy (non-hydrogen) atoms. The highest BCUT2D eigenvalue weighted by Gasteiger charge is 2.26. The fraction of sp³-hybridized carbons (Fsp3) is 0.333. The quantitative estimate of drug-likeness (QED) is 0.386. The van der Waals surface area contributed by atoms with E-state index in [1.165, 1.54) is 25.1 Å². The van der Waals surface area contributed by atoms with E-state index in [9.17, 15) is 9.90 Å². The van der Waals surface area contributed by atoms with Crippen LogP contribution >= 0.6 is 22.6 Å². The SMILES string of the molecule is O=c1[nH]c(O)c(C=Nc2ccc(N3CCN(CC4CC4)CC3)cc2)c2cc(I)ccc12. The lowest BCUT2D eigenvalue weighted by Gasteiger charge is -2.36. The molecule has 0 bridgehead atoms. The van der Waals surface area contributed by atoms with E-state index in [1.54, 1.807) is 12.3 Å². The van der Waals surface area contributed by atoms with Crippen molar-refractivity contribution in [2.45, 2.75) is 12.8 Å². The van der Waals surface area contributed by atoms with Crippen LogP contribution in [0.15, 0.2) is 52.3 Å². The lowest BCUT2D eigenvalue weighted by molar-refractivity contribution is 0.248. The minimum Gasteiger partial charge on any atom is -0.494 e. The van der Waals surface area contributed by atoms with Gasteiger partial charge in [0.15, 0.2) is 0 Å². The van der Waals surface area contributed by atoms with E-state index in [1.807, 2.05) is 24.3 Å². The van der Waals surface area contributed by atoms with Gasteiger partial charge in [-0.05, 0) is 83.8 Å². The predicted octanol–water partition coefficient (Wildman–Crippen LogP) is 4.12. The molecule has 2 fully saturated rings. The lowest BCUT2D eigenvalue weighted by atomic mass is 10.1. The van der Waals surface area contributed by atoms with E-state index in [2.05, 4.69) is 54.5 Å². The Kier molecular flexibility index (Phi) is 5.71. The Hall–Kier alpha value is -2.39. The van der Waals surface area contributed by atoms with Gasteiger partial charge in [0.2, 0.25) is 5.88 Å². The van der Waals surface area contributed by atoms with Crippen molar-refractivity contribution < 1.29 is 5.11 Å². The van der Waals surface area contributed by atoms with E-state index in [0.29, 0.717) is 16.3 Å². The van der Waals surface area contributed by atoms with Gasteiger partial charge in [-0.15, -0.1) is 0 Å². The van der Waals surface area contributed by atoms with Gasteiger partial charge in [-0.1, -0.05) is 0 Å². The summed E-state index contributed by atoms with van der Waals surface area (Å²) < 4.78 is 0.992. The van der Waals surface area contributed by atoms with Crippen molar-refractivity contribution in [1.82, 2.24) is 9.88 Å². The third-order valence-corrected chi connectivity index (χ3v) is 6.82. The van der Waals surface area contributed by atoms with Crippen LogP contribution in [0.1, 0.15) is 18.4 Å². The number of H-pyrrole nitrogens is 1. The number of aliphatic imine (C=N–C) groups is 1. The molecule has 1 aromatic heterocycles. The second kappa shape index (κ2) is 8.63. The minimum absolute atomic E-state index is 0.163. The Labute approximate surface area is 194 Å². The first kappa shape index (κ1) is 20.5. The highest BCUT2D eigenvalue weighted by atomic mass is 127. The molecule has 2 heterocycles. The Morgan fingerprint density at radius 2 is 1.81 bits per heavy atom. The number of aromatic amines is 1. The summed E-state index contributed by atoms with van der Waals surface area (Å²) in [7, 11) is 0. The number of nitrogens with zero attached hydrogens (tertiary/aromatic N) is 3. The number of aromatic hydroxyl groups is 1. The van der Waals surface area contributed by atoms with Gasteiger partial charge in [0.05, 0.1) is 11.3 Å². The number of hydrogen-bond acceptors (Lipinski definition) is 5. The molecular formula is C24H25IN4O2. The van der Waals surface area contributed by atoms with Gasteiger partial charge in [0.25, 0.3) is 5.56 Å². The summed E-state index contributed by atoms with van der Waals surface area (Å²) in [5.74, 6) is 0.787. The Bertz CT molecular complexity index is 1180. The maximum absolute atomic E-state index is 12.1. The van der Waals surface area contributed by atoms with Gasteiger partial charge in [0, 0.05) is 59.0 Å². The van der Waals surface area contributed by atoms with E-state index in [0.717, 1.165) is 41.4 Å². The van der Waals surface area contributed by atoms with Crippen LogP contribution in [-0.4, -0.2) is 53.9 Å². The molecule has 2 aromatic carbocycles. The van der Waals surface area contributed by atoms with Gasteiger partial charge in [-0.2, -0.15) is 0 Å². The second-order valence-electron chi connectivity index (χ2n) is 8.41. The van der Waals surface area contributed by atoms with Crippen LogP contribution in [0.25, 0.3) is 10.8 Å². The number of fused-ring (bicyclic) bond motifs is 1. The maximum Gasteiger partial charge on any atom is 0.258 e. The Morgan fingerprint density at radius 3 is 2.52 bits per heavy atom. The van der Waals surface area contributed by atoms with Crippen molar-refractivity contribution in [2.24, 2.45) is 10.9 Å². The molecule has 3 aromatic rings. The zero-order valence-electron chi connectivity index (χ0n) is 17.2. The molecule has 2 aliphatic rings. The Balaban J connectivity index is 1.31. The first-order valence-electron chi connectivity index (χ1n) is 10.7. The molecule has 0 spiro atoms. The Morgan fingerprint density at radius 1 is 1.06 bits per heavy atom. The summed E-state index contributed by atoms with van der Waals surface area (Å²) in [6.07, 6.45) is 4.44. The van der Waals surface area contributed by atoms with Gasteiger partial charge in [0.1, 0.15) is 0 Å². The maximum atomic E-state index is 12.1. The summed E-state index contributed by atoms with van der Waals surface area (Å²) >= 11 is 2.20. The number of aromatic nitrogens is 1. The molecule has 1 saturated carbocycles. The molecule has 0 unspecified atom stereocenters. The number of rotatable bonds is 5. The summed E-state index contributed by atoms with van der Waals surface area (Å²) in [5.41, 5.74) is 2.24. The second-order valence-corrected chi connectivity index (χ2v) is 9.66. The topological polar surface area (TPSA) is 71.9 Å². The normalized spacial score (nSPS) is 17.6. The van der Waals surface area contributed by atoms with Crippen LogP contribution < -0.4 is 10.5 Å². The molecule has 1 saturated heterocycles. The molecule has 160 valence electrons. The van der Waals surface area contributed by atoms with Crippen molar-refractivity contribution in [1.29, 1.82) is 0 Å². The number of benzene rings is 2. The van der Waals surface area contributed by atoms with E-state index >= 15 is 0 Å². The van der Waals surface area contributed by atoms with E-state index < -0.39 is 0 Å². The molecule has 6 nitrogen and oxygen atoms in total. The smallest absolute Gasteiger partial charge is 0.258 e. The first-order valence-corrected chi connectivity index (χ1v) is 11.8. The highest BCUT2D eigenvalue weighted by Crippen LogP contribution is 2.30. The van der Waals surface area contributed by atoms with Gasteiger partial charge < -0.3 is 10.0 Å². The highest BCUT2D eigenvalue weighted by molar-refractivity contribution is 14.1. The number of anilines is 1. The number of piperazine rings is 1. The molecule has 7 heteroatoms. The number of halogens is 1. The summed E-state index contributed by atoms with van der Waals surface area (Å²) in [5, 5.41) is 11.5. The molecule has 1 aliphatic heterocycles. The zero-order valence-corrected chi connectivity index (χ0v) is 19.4. The summed E-state index contributed by atoms with van der Waals surface area (Å²) in [6.45, 7) is 5.66. The number of nitrogens with one attached hydrogen (secondary N) is 1. The van der Waals surface area contributed by atoms with Gasteiger partial charge in [-0.25, -0.2) is 0 Å². The molecule has 0 radical (unpaired) electrons. The van der Waals surface area contributed by atoms with Crippen molar-refractivity contribution >= 4 is 51.0 Å². The molecule has 1 aliphatic carbocycles. The third-order valence-electron chi connectivity index (χ3n) is 6.15. The van der Waals surface area contributed by atoms with Crippen LogP contribution in [0.2, 0.25) is 0 Å². The van der Waals surface area contributed by atoms with Crippen LogP contribution in [0.4, 0.5) is 11.4 Å². The molecule has 5 rings (SSSR count). The minimum atomic E-state index is -0.303. The average Bonchev–Trinajstić information content (AvgIpc) is 3.58. The van der Waals surface area contributed by atoms with Crippen LogP contribution in [0.3, 0.4) is 0 Å². The number of pyridine rings is 1. The van der Waals surface area contributed by atoms with Gasteiger partial charge >= 0.3 is 0 Å². The van der Waals surface area contributed by atoms with E-state index in [-0.39, 0.29) is 11.4 Å². The third kappa shape index (κ3) is 4.62. The van der Waals surface area contributed by atoms with Crippen LogP contribution in [0.5, 0.6) is 5.88 Å². The fourth-order valence-corrected chi connectivity index (χ4v) is 4.67. The average molecular weight is 528 g/mol. The number of hydrogen-bond donors (Lipinski definition) is 2. The monoisotopic (exact) mass is 528 g/mol. The molecular weight excluding hydrogens is 503 g/mol. The van der Waals surface area contributed by atoms with Crippen LogP contribution in [0, 0.1) is 9.49 Å². The van der Waals surface area contributed by atoms with E-state index in [4.69, 9.17) is 0 Å². The van der Waals surface area contributed by atoms with Crippen molar-refractivity contribution in [3.05, 3.63) is 62.0 Å². The van der Waals surface area contributed by atoms with Gasteiger partial charge in [-0.3, -0.25) is 19.7 Å². The zero-order chi connectivity index (χ0) is 21.4. The molecule has 2 N–H and O–H groups in total. The molecule has 0 atom stereocenters. The molecule has 0 amide bonds. The summed E-state index contributed by atoms with van der Waals surface area (Å²) in [6, 6.07) is 13.7. The predicted molar refractivity (Wildman–Crippen MR) is 134 cm³/mol. The van der Waals surface area contributed by atoms with Crippen molar-refractivity contribution in [2.75, 3.05) is 37.6 Å². The lowest BCUT2D eigenvalue weighted by Crippen LogP contribution is -2.47. The van der Waals surface area contributed by atoms with Crippen molar-refractivity contribution in [3.63, 3.8) is 0 Å².